The van der Waals surface area contributed by atoms with Crippen molar-refractivity contribution in [3.63, 3.8) is 0 Å². The van der Waals surface area contributed by atoms with Gasteiger partial charge >= 0.3 is 11.9 Å². The molecule has 0 saturated carbocycles. The van der Waals surface area contributed by atoms with Crippen LogP contribution in [0.15, 0.2) is 24.3 Å². The molecule has 1 aliphatic heterocycles. The van der Waals surface area contributed by atoms with E-state index in [2.05, 4.69) is 13.8 Å². The van der Waals surface area contributed by atoms with E-state index in [0.717, 1.165) is 32.1 Å². The van der Waals surface area contributed by atoms with Crippen LogP contribution in [-0.2, 0) is 28.5 Å². The molecule has 55 heavy (non-hydrogen) atoms. The van der Waals surface area contributed by atoms with Gasteiger partial charge in [-0.05, 0) is 19.3 Å². The lowest BCUT2D eigenvalue weighted by Crippen LogP contribution is -2.59. The van der Waals surface area contributed by atoms with E-state index < -0.39 is 55.4 Å². The average molecular weight is 783 g/mol. The first-order chi connectivity index (χ1) is 26.8. The van der Waals surface area contributed by atoms with Gasteiger partial charge in [0.1, 0.15) is 31.0 Å². The van der Waals surface area contributed by atoms with Crippen molar-refractivity contribution in [3.8, 4) is 0 Å². The molecule has 6 atom stereocenters. The topological polar surface area (TPSA) is 152 Å². The van der Waals surface area contributed by atoms with E-state index in [0.29, 0.717) is 6.42 Å². The Labute approximate surface area is 334 Å². The van der Waals surface area contributed by atoms with Crippen LogP contribution in [0.4, 0.5) is 0 Å². The highest BCUT2D eigenvalue weighted by molar-refractivity contribution is 5.82. The van der Waals surface area contributed by atoms with Crippen molar-refractivity contribution < 1.29 is 49.0 Å². The Balaban J connectivity index is 2.37. The molecule has 1 fully saturated rings. The number of unbranched alkanes of at least 4 members (excludes halogenated alkanes) is 25. The van der Waals surface area contributed by atoms with E-state index in [-0.39, 0.29) is 19.6 Å². The van der Waals surface area contributed by atoms with Gasteiger partial charge in [0, 0.05) is 12.5 Å². The first-order valence-corrected chi connectivity index (χ1v) is 22.5. The number of aliphatic hydroxyl groups excluding tert-OH is 4. The minimum atomic E-state index is -1.60. The van der Waals surface area contributed by atoms with E-state index in [1.807, 2.05) is 12.2 Å². The number of aliphatic hydroxyl groups is 4. The second-order valence-corrected chi connectivity index (χ2v) is 15.6. The summed E-state index contributed by atoms with van der Waals surface area (Å²) in [6.45, 7) is 3.32. The minimum Gasteiger partial charge on any atom is -0.458 e. The molecule has 0 amide bonds. The highest BCUT2D eigenvalue weighted by Crippen LogP contribution is 2.23. The van der Waals surface area contributed by atoms with Crippen LogP contribution in [0.25, 0.3) is 0 Å². The molecule has 1 aliphatic rings. The zero-order valence-corrected chi connectivity index (χ0v) is 34.9. The zero-order chi connectivity index (χ0) is 40.2. The lowest BCUT2D eigenvalue weighted by molar-refractivity contribution is -0.305. The summed E-state index contributed by atoms with van der Waals surface area (Å²) < 4.78 is 22.0. The summed E-state index contributed by atoms with van der Waals surface area (Å²) in [5, 5.41) is 40.0. The molecule has 0 aromatic heterocycles. The third kappa shape index (κ3) is 28.3. The lowest BCUT2D eigenvalue weighted by Gasteiger charge is -2.39. The number of rotatable bonds is 37. The Morgan fingerprint density at radius 2 is 1.07 bits per heavy atom. The third-order valence-electron chi connectivity index (χ3n) is 10.4. The Morgan fingerprint density at radius 3 is 1.56 bits per heavy atom. The number of allylic oxidation sites excluding steroid dienone is 3. The molecule has 10 heteroatoms. The van der Waals surface area contributed by atoms with Gasteiger partial charge in [-0.2, -0.15) is 0 Å². The van der Waals surface area contributed by atoms with Crippen molar-refractivity contribution >= 4 is 11.9 Å². The monoisotopic (exact) mass is 783 g/mol. The maximum Gasteiger partial charge on any atom is 0.330 e. The van der Waals surface area contributed by atoms with Gasteiger partial charge in [-0.3, -0.25) is 4.79 Å². The van der Waals surface area contributed by atoms with Gasteiger partial charge in [-0.15, -0.1) is 0 Å². The van der Waals surface area contributed by atoms with Crippen LogP contribution in [0.5, 0.6) is 0 Å². The van der Waals surface area contributed by atoms with Crippen LogP contribution >= 0.6 is 0 Å². The Bertz CT molecular complexity index is 954. The number of ether oxygens (including phenoxy) is 4. The molecule has 0 radical (unpaired) electrons. The molecule has 1 rings (SSSR count). The predicted octanol–water partition coefficient (Wildman–Crippen LogP) is 9.33. The van der Waals surface area contributed by atoms with Gasteiger partial charge in [0.2, 0.25) is 0 Å². The van der Waals surface area contributed by atoms with Crippen LogP contribution in [0.3, 0.4) is 0 Å². The second-order valence-electron chi connectivity index (χ2n) is 15.6. The fourth-order valence-corrected chi connectivity index (χ4v) is 6.87. The minimum absolute atomic E-state index is 0.215. The van der Waals surface area contributed by atoms with E-state index in [1.165, 1.54) is 141 Å². The summed E-state index contributed by atoms with van der Waals surface area (Å²) >= 11 is 0. The molecule has 0 bridgehead atoms. The molecule has 10 nitrogen and oxygen atoms in total. The fraction of sp³-hybridized carbons (Fsp3) is 0.867. The Hall–Kier alpha value is -1.82. The molecule has 2 unspecified atom stereocenters. The maximum absolute atomic E-state index is 12.7. The molecule has 0 aliphatic carbocycles. The lowest BCUT2D eigenvalue weighted by atomic mass is 9.99. The predicted molar refractivity (Wildman–Crippen MR) is 219 cm³/mol. The number of hydrogen-bond donors (Lipinski definition) is 4. The van der Waals surface area contributed by atoms with Gasteiger partial charge in [-0.25, -0.2) is 4.79 Å². The van der Waals surface area contributed by atoms with Crippen LogP contribution in [0.1, 0.15) is 194 Å². The van der Waals surface area contributed by atoms with Crippen LogP contribution < -0.4 is 0 Å². The van der Waals surface area contributed by atoms with E-state index in [9.17, 15) is 30.0 Å². The summed E-state index contributed by atoms with van der Waals surface area (Å²) in [6, 6.07) is 0. The van der Waals surface area contributed by atoms with Crippen LogP contribution in [0, 0.1) is 0 Å². The van der Waals surface area contributed by atoms with Crippen molar-refractivity contribution in [2.75, 3.05) is 19.8 Å². The standard InChI is InChI=1S/C45H82O10/c1-3-5-7-9-11-13-15-17-19-21-23-25-27-29-31-33-40(47)52-36-38(37-53-45-44(51)43(50)42(49)39(35-46)55-45)54-41(48)34-32-30-28-26-24-22-20-18-16-14-12-10-8-6-4-2/h27,29,31,33,38-39,42-46,49-51H,3-26,28,30,32,34-37H2,1-2H3/b29-27+,33-31+/t38-,39-,42+,43?,44?,45-/m0/s1. The average Bonchev–Trinajstić information content (AvgIpc) is 3.18. The van der Waals surface area contributed by atoms with Crippen molar-refractivity contribution in [1.29, 1.82) is 0 Å². The first-order valence-electron chi connectivity index (χ1n) is 22.5. The largest absolute Gasteiger partial charge is 0.458 e. The zero-order valence-electron chi connectivity index (χ0n) is 34.9. The highest BCUT2D eigenvalue weighted by Gasteiger charge is 2.44. The molecule has 322 valence electrons. The van der Waals surface area contributed by atoms with Gasteiger partial charge in [0.05, 0.1) is 13.2 Å². The normalized spacial score (nSPS) is 20.7. The molecular weight excluding hydrogens is 700 g/mol. The fourth-order valence-electron chi connectivity index (χ4n) is 6.87. The summed E-state index contributed by atoms with van der Waals surface area (Å²) in [5.74, 6) is -1.05. The quantitative estimate of drug-likeness (QED) is 0.0208. The van der Waals surface area contributed by atoms with Crippen LogP contribution in [0.2, 0.25) is 0 Å². The molecule has 0 aromatic carbocycles. The molecule has 4 N–H and O–H groups in total. The molecule has 0 spiro atoms. The maximum atomic E-state index is 12.7. The number of esters is 2. The summed E-state index contributed by atoms with van der Waals surface area (Å²) in [5.41, 5.74) is 0. The number of carbonyl (C=O) groups is 2. The van der Waals surface area contributed by atoms with E-state index >= 15 is 0 Å². The SMILES string of the molecule is CCCCCCCCCCCCC/C=C/C=C/C(=O)OC[C@@H](CO[C@H]1O[C@@H](CO)[C@@H](O)C(O)C1O)OC(=O)CCCCCCCCCCCCCCCCC. The second kappa shape index (κ2) is 36.5. The van der Waals surface area contributed by atoms with Gasteiger partial charge in [0.15, 0.2) is 12.4 Å². The van der Waals surface area contributed by atoms with Gasteiger partial charge < -0.3 is 39.4 Å². The molecule has 1 saturated heterocycles. The Kier molecular flexibility index (Phi) is 34.0. The highest BCUT2D eigenvalue weighted by atomic mass is 16.7. The van der Waals surface area contributed by atoms with Crippen molar-refractivity contribution in [2.24, 2.45) is 0 Å². The Morgan fingerprint density at radius 1 is 0.600 bits per heavy atom. The molecular formula is C45H82O10. The van der Waals surface area contributed by atoms with Gasteiger partial charge in [0.25, 0.3) is 0 Å². The van der Waals surface area contributed by atoms with Crippen LogP contribution in [-0.4, -0.2) is 89.0 Å². The first kappa shape index (κ1) is 51.2. The summed E-state index contributed by atoms with van der Waals surface area (Å²) in [4.78, 5) is 25.2. The van der Waals surface area contributed by atoms with E-state index in [1.54, 1.807) is 6.08 Å². The number of carbonyl (C=O) groups excluding carboxylic acids is 2. The van der Waals surface area contributed by atoms with E-state index in [4.69, 9.17) is 18.9 Å². The third-order valence-corrected chi connectivity index (χ3v) is 10.4. The van der Waals surface area contributed by atoms with Gasteiger partial charge in [-0.1, -0.05) is 186 Å². The van der Waals surface area contributed by atoms with Crippen molar-refractivity contribution in [1.82, 2.24) is 0 Å². The van der Waals surface area contributed by atoms with Crippen molar-refractivity contribution in [2.45, 2.75) is 230 Å². The van der Waals surface area contributed by atoms with Crippen molar-refractivity contribution in [3.05, 3.63) is 24.3 Å². The number of hydrogen-bond acceptors (Lipinski definition) is 10. The summed E-state index contributed by atoms with van der Waals surface area (Å²) in [6.07, 6.45) is 32.4. The smallest absolute Gasteiger partial charge is 0.330 e. The molecule has 1 heterocycles. The summed E-state index contributed by atoms with van der Waals surface area (Å²) in [7, 11) is 0. The molecule has 0 aromatic rings.